The first-order valence-corrected chi connectivity index (χ1v) is 20.5. The van der Waals surface area contributed by atoms with Gasteiger partial charge in [-0.05, 0) is 55.7 Å². The molecule has 3 rings (SSSR count). The number of guanidine groups is 1. The molecule has 0 saturated carbocycles. The van der Waals surface area contributed by atoms with E-state index < -0.39 is 83.6 Å². The highest BCUT2D eigenvalue weighted by molar-refractivity contribution is 7.98. The molecule has 2 heterocycles. The van der Waals surface area contributed by atoms with Gasteiger partial charge in [0.15, 0.2) is 5.96 Å². The van der Waals surface area contributed by atoms with Gasteiger partial charge >= 0.3 is 5.97 Å². The fourth-order valence-electron chi connectivity index (χ4n) is 6.05. The van der Waals surface area contributed by atoms with E-state index in [4.69, 9.17) is 11.5 Å². The van der Waals surface area contributed by atoms with Crippen molar-refractivity contribution in [2.75, 3.05) is 18.6 Å². The molecule has 0 fully saturated rings. The Labute approximate surface area is 346 Å². The van der Waals surface area contributed by atoms with E-state index in [1.807, 2.05) is 30.5 Å². The van der Waals surface area contributed by atoms with Crippen LogP contribution in [0.25, 0.3) is 10.9 Å². The lowest BCUT2D eigenvalue weighted by Gasteiger charge is -2.28. The van der Waals surface area contributed by atoms with E-state index in [9.17, 15) is 38.7 Å². The number of imidazole rings is 1. The molecule has 0 spiro atoms. The molecule has 20 nitrogen and oxygen atoms in total. The number of rotatable bonds is 24. The summed E-state index contributed by atoms with van der Waals surface area (Å²) in [5, 5.41) is 26.1. The van der Waals surface area contributed by atoms with E-state index in [-0.39, 0.29) is 38.2 Å². The number of aromatic amines is 2. The van der Waals surface area contributed by atoms with Crippen LogP contribution in [-0.2, 0) is 46.4 Å². The molecule has 21 heteroatoms. The zero-order valence-electron chi connectivity index (χ0n) is 33.8. The number of benzene rings is 1. The first-order chi connectivity index (χ1) is 28.0. The summed E-state index contributed by atoms with van der Waals surface area (Å²) >= 11 is 1.49. The molecule has 2 aromatic heterocycles. The number of hydrogen-bond donors (Lipinski definition) is 11. The van der Waals surface area contributed by atoms with Crippen LogP contribution >= 0.6 is 11.8 Å². The third-order valence-electron chi connectivity index (χ3n) is 9.20. The highest BCUT2D eigenvalue weighted by atomic mass is 32.2. The predicted octanol–water partition coefficient (Wildman–Crippen LogP) is -0.828. The molecular weight excluding hydrogens is 785 g/mol. The number of amides is 6. The molecule has 13 N–H and O–H groups in total. The number of H-pyrrole nitrogens is 2. The van der Waals surface area contributed by atoms with Crippen LogP contribution in [0.5, 0.6) is 0 Å². The number of aliphatic imine (C=N–C) groups is 1. The van der Waals surface area contributed by atoms with Crippen LogP contribution in [0.3, 0.4) is 0 Å². The molecule has 0 unspecified atom stereocenters. The summed E-state index contributed by atoms with van der Waals surface area (Å²) in [4.78, 5) is 107. The molecule has 0 bridgehead atoms. The van der Waals surface area contributed by atoms with Crippen LogP contribution in [0.4, 0.5) is 0 Å². The number of nitrogens with two attached hydrogens (primary N) is 2. The number of nitrogens with one attached hydrogen (secondary N) is 8. The first kappa shape index (κ1) is 47.3. The van der Waals surface area contributed by atoms with Crippen molar-refractivity contribution in [1.82, 2.24) is 46.9 Å². The lowest BCUT2D eigenvalue weighted by Crippen LogP contribution is -2.61. The molecule has 0 aliphatic heterocycles. The van der Waals surface area contributed by atoms with E-state index in [0.29, 0.717) is 23.4 Å². The molecule has 0 aliphatic carbocycles. The second kappa shape index (κ2) is 23.3. The molecule has 59 heavy (non-hydrogen) atoms. The zero-order chi connectivity index (χ0) is 43.6. The molecular formula is C38H56N12O8S. The number of para-hydroxylation sites is 1. The van der Waals surface area contributed by atoms with E-state index in [2.05, 4.69) is 51.8 Å². The average Bonchev–Trinajstić information content (AvgIpc) is 3.85. The minimum Gasteiger partial charge on any atom is -0.480 e. The number of hydrogen-bond acceptors (Lipinski definition) is 10. The van der Waals surface area contributed by atoms with Gasteiger partial charge < -0.3 is 58.4 Å². The Morgan fingerprint density at radius 2 is 1.41 bits per heavy atom. The number of aromatic nitrogens is 3. The Bertz CT molecular complexity index is 1930. The van der Waals surface area contributed by atoms with E-state index in [1.54, 1.807) is 20.0 Å². The SMILES string of the molecule is CSCC[C@H](NC(C)=O)C(=O)N[C@H](C(=O)N[C@@H](Cc1cnc[nH]1)C(=O)N[C@@H](Cc1c[nH]c2ccccc12)C(=O)N[C@@H](CCCN=C(N)N)C(=O)N[C@@H](C)C(=O)O)C(C)C. The van der Waals surface area contributed by atoms with E-state index >= 15 is 0 Å². The van der Waals surface area contributed by atoms with Gasteiger partial charge in [-0.15, -0.1) is 0 Å². The highest BCUT2D eigenvalue weighted by Gasteiger charge is 2.34. The quantitative estimate of drug-likeness (QED) is 0.0299. The van der Waals surface area contributed by atoms with Gasteiger partial charge in [-0.1, -0.05) is 32.0 Å². The molecule has 3 aromatic rings. The van der Waals surface area contributed by atoms with Crippen molar-refractivity contribution in [3.63, 3.8) is 0 Å². The lowest BCUT2D eigenvalue weighted by atomic mass is 10.0. The second-order valence-corrected chi connectivity index (χ2v) is 15.3. The molecule has 0 aliphatic rings. The summed E-state index contributed by atoms with van der Waals surface area (Å²) in [5.41, 5.74) is 12.8. The topological polar surface area (TPSA) is 321 Å². The minimum absolute atomic E-state index is 0.00926. The van der Waals surface area contributed by atoms with Gasteiger partial charge in [-0.2, -0.15) is 11.8 Å². The first-order valence-electron chi connectivity index (χ1n) is 19.1. The van der Waals surface area contributed by atoms with Gasteiger partial charge in [0.05, 0.1) is 6.33 Å². The zero-order valence-corrected chi connectivity index (χ0v) is 34.6. The Kier molecular flexibility index (Phi) is 18.7. The normalized spacial score (nSPS) is 14.1. The number of carboxylic acids is 1. The van der Waals surface area contributed by atoms with Gasteiger partial charge in [0, 0.05) is 55.3 Å². The molecule has 1 aromatic carbocycles. The van der Waals surface area contributed by atoms with Gasteiger partial charge in [-0.3, -0.25) is 38.6 Å². The maximum absolute atomic E-state index is 14.3. The predicted molar refractivity (Wildman–Crippen MR) is 223 cm³/mol. The van der Waals surface area contributed by atoms with Crippen LogP contribution < -0.4 is 43.4 Å². The van der Waals surface area contributed by atoms with Crippen LogP contribution in [0.1, 0.15) is 58.2 Å². The number of nitrogens with zero attached hydrogens (tertiary/aromatic N) is 2. The van der Waals surface area contributed by atoms with Crippen molar-refractivity contribution in [3.8, 4) is 0 Å². The third kappa shape index (κ3) is 15.3. The highest BCUT2D eigenvalue weighted by Crippen LogP contribution is 2.20. The Morgan fingerprint density at radius 3 is 2.02 bits per heavy atom. The summed E-state index contributed by atoms with van der Waals surface area (Å²) in [6.45, 7) is 6.11. The third-order valence-corrected chi connectivity index (χ3v) is 9.85. The van der Waals surface area contributed by atoms with Crippen LogP contribution in [-0.4, -0.2) is 122 Å². The summed E-state index contributed by atoms with van der Waals surface area (Å²) in [5.74, 6) is -5.34. The number of carbonyl (C=O) groups is 7. The monoisotopic (exact) mass is 840 g/mol. The Balaban J connectivity index is 1.96. The van der Waals surface area contributed by atoms with Gasteiger partial charge in [0.25, 0.3) is 0 Å². The Hall–Kier alpha value is -6.12. The standard InChI is InChI=1S/C38H56N12O8S/c1-20(2)31(50-33(53)28(12-14-59-5)46-22(4)51)36(56)49-30(16-24-18-41-19-44-24)35(55)48-29(15-23-17-43-26-10-7-6-9-25(23)26)34(54)47-27(11-8-13-42-38(39)40)32(52)45-21(3)37(57)58/h6-7,9-10,17-21,27-31,43H,8,11-16H2,1-5H3,(H,41,44)(H,45,52)(H,46,51)(H,47,54)(H,48,55)(H,49,56)(H,50,53)(H,57,58)(H4,39,40,42)/t21-,27-,28-,29-,30-,31-/m0/s1. The lowest BCUT2D eigenvalue weighted by molar-refractivity contribution is -0.141. The number of thioether (sulfide) groups is 1. The summed E-state index contributed by atoms with van der Waals surface area (Å²) in [6.07, 6.45) is 6.83. The van der Waals surface area contributed by atoms with Crippen molar-refractivity contribution in [2.45, 2.75) is 96.1 Å². The van der Waals surface area contributed by atoms with Crippen molar-refractivity contribution < 1.29 is 38.7 Å². The minimum atomic E-state index is -1.33. The van der Waals surface area contributed by atoms with Crippen molar-refractivity contribution in [3.05, 3.63) is 54.2 Å². The van der Waals surface area contributed by atoms with Crippen LogP contribution in [0.2, 0.25) is 0 Å². The maximum atomic E-state index is 14.3. The fraction of sp³-hybridized carbons (Fsp3) is 0.500. The largest absolute Gasteiger partial charge is 0.480 e. The average molecular weight is 841 g/mol. The van der Waals surface area contributed by atoms with Crippen molar-refractivity contribution in [2.24, 2.45) is 22.4 Å². The molecule has 322 valence electrons. The van der Waals surface area contributed by atoms with E-state index in [0.717, 1.165) is 10.9 Å². The van der Waals surface area contributed by atoms with E-state index in [1.165, 1.54) is 38.1 Å². The van der Waals surface area contributed by atoms with Crippen LogP contribution in [0, 0.1) is 5.92 Å². The second-order valence-electron chi connectivity index (χ2n) is 14.3. The number of carbonyl (C=O) groups excluding carboxylic acids is 6. The van der Waals surface area contributed by atoms with Crippen molar-refractivity contribution >= 4 is 70.0 Å². The summed E-state index contributed by atoms with van der Waals surface area (Å²) in [6, 6.07) is 0.132. The van der Waals surface area contributed by atoms with Gasteiger partial charge in [-0.25, -0.2) is 4.98 Å². The van der Waals surface area contributed by atoms with Gasteiger partial charge in [0.2, 0.25) is 35.4 Å². The number of aliphatic carboxylic acids is 1. The van der Waals surface area contributed by atoms with Crippen molar-refractivity contribution in [1.29, 1.82) is 0 Å². The molecule has 6 atom stereocenters. The maximum Gasteiger partial charge on any atom is 0.325 e. The number of fused-ring (bicyclic) bond motifs is 1. The fourth-order valence-corrected chi connectivity index (χ4v) is 6.52. The molecule has 0 saturated heterocycles. The Morgan fingerprint density at radius 1 is 0.797 bits per heavy atom. The molecule has 6 amide bonds. The smallest absolute Gasteiger partial charge is 0.325 e. The van der Waals surface area contributed by atoms with Crippen LogP contribution in [0.15, 0.2) is 48.0 Å². The summed E-state index contributed by atoms with van der Waals surface area (Å²) < 4.78 is 0. The van der Waals surface area contributed by atoms with Gasteiger partial charge in [0.1, 0.15) is 36.3 Å². The molecule has 0 radical (unpaired) electrons. The number of carboxylic acid groups (broad SMARTS) is 1. The summed E-state index contributed by atoms with van der Waals surface area (Å²) in [7, 11) is 0.